The smallest absolute Gasteiger partial charge is 0.0721 e. The molecule has 0 heterocycles. The van der Waals surface area contributed by atoms with Crippen molar-refractivity contribution >= 4 is 0 Å². The lowest BCUT2D eigenvalue weighted by molar-refractivity contribution is 0.0346. The number of benzene rings is 1. The normalized spacial score (nSPS) is 17.0. The van der Waals surface area contributed by atoms with Crippen molar-refractivity contribution in [2.24, 2.45) is 0 Å². The minimum absolute atomic E-state index is 0.362. The summed E-state index contributed by atoms with van der Waals surface area (Å²) in [7, 11) is 0. The van der Waals surface area contributed by atoms with E-state index in [1.54, 1.807) is 0 Å². The SMILES string of the molecule is CCCC(CNC1CC1)OCc1ccccc1. The predicted molar refractivity (Wildman–Crippen MR) is 71.0 cm³/mol. The van der Waals surface area contributed by atoms with Gasteiger partial charge in [-0.25, -0.2) is 0 Å². The van der Waals surface area contributed by atoms with Gasteiger partial charge in [0, 0.05) is 12.6 Å². The van der Waals surface area contributed by atoms with Crippen LogP contribution in [-0.2, 0) is 11.3 Å². The molecule has 94 valence electrons. The van der Waals surface area contributed by atoms with Crippen LogP contribution in [0.15, 0.2) is 30.3 Å². The third-order valence-electron chi connectivity index (χ3n) is 3.15. The second-order valence-electron chi connectivity index (χ2n) is 4.89. The first-order chi connectivity index (χ1) is 8.38. The van der Waals surface area contributed by atoms with Gasteiger partial charge in [0.05, 0.1) is 12.7 Å². The van der Waals surface area contributed by atoms with Gasteiger partial charge < -0.3 is 10.1 Å². The summed E-state index contributed by atoms with van der Waals surface area (Å²) < 4.78 is 5.98. The lowest BCUT2D eigenvalue weighted by Crippen LogP contribution is -2.30. The molecular formula is C15H23NO. The molecule has 0 aliphatic heterocycles. The Kier molecular flexibility index (Phi) is 5.02. The van der Waals surface area contributed by atoms with E-state index in [1.807, 2.05) is 6.07 Å². The predicted octanol–water partition coefficient (Wildman–Crippen LogP) is 3.12. The highest BCUT2D eigenvalue weighted by Gasteiger charge is 2.21. The summed E-state index contributed by atoms with van der Waals surface area (Å²) >= 11 is 0. The standard InChI is InChI=1S/C15H23NO/c1-2-6-15(11-16-14-9-10-14)17-12-13-7-4-3-5-8-13/h3-5,7-8,14-16H,2,6,9-12H2,1H3. The monoisotopic (exact) mass is 233 g/mol. The molecule has 1 aliphatic carbocycles. The van der Waals surface area contributed by atoms with E-state index < -0.39 is 0 Å². The van der Waals surface area contributed by atoms with Crippen molar-refractivity contribution in [3.63, 3.8) is 0 Å². The van der Waals surface area contributed by atoms with Crippen molar-refractivity contribution in [3.05, 3.63) is 35.9 Å². The van der Waals surface area contributed by atoms with Gasteiger partial charge in [0.2, 0.25) is 0 Å². The number of rotatable bonds is 8. The van der Waals surface area contributed by atoms with Crippen LogP contribution in [0.4, 0.5) is 0 Å². The molecule has 2 nitrogen and oxygen atoms in total. The van der Waals surface area contributed by atoms with E-state index in [9.17, 15) is 0 Å². The summed E-state index contributed by atoms with van der Waals surface area (Å²) in [4.78, 5) is 0. The molecule has 0 bridgehead atoms. The first-order valence-electron chi connectivity index (χ1n) is 6.77. The molecule has 0 aromatic heterocycles. The maximum atomic E-state index is 5.98. The van der Waals surface area contributed by atoms with Crippen molar-refractivity contribution < 1.29 is 4.74 Å². The molecule has 1 aromatic carbocycles. The number of nitrogens with one attached hydrogen (secondary N) is 1. The number of ether oxygens (including phenoxy) is 1. The molecule has 1 aromatic rings. The van der Waals surface area contributed by atoms with Crippen LogP contribution in [0.1, 0.15) is 38.2 Å². The van der Waals surface area contributed by atoms with Crippen LogP contribution in [0, 0.1) is 0 Å². The molecule has 1 aliphatic rings. The largest absolute Gasteiger partial charge is 0.372 e. The zero-order valence-electron chi connectivity index (χ0n) is 10.7. The zero-order chi connectivity index (χ0) is 11.9. The third-order valence-corrected chi connectivity index (χ3v) is 3.15. The van der Waals surface area contributed by atoms with Gasteiger partial charge in [0.1, 0.15) is 0 Å². The quantitative estimate of drug-likeness (QED) is 0.745. The maximum Gasteiger partial charge on any atom is 0.0721 e. The Labute approximate surface area is 104 Å². The average Bonchev–Trinajstić information content (AvgIpc) is 3.18. The van der Waals surface area contributed by atoms with Crippen LogP contribution >= 0.6 is 0 Å². The molecule has 2 heteroatoms. The summed E-state index contributed by atoms with van der Waals surface area (Å²) in [6.45, 7) is 3.96. The molecule has 1 fully saturated rings. The van der Waals surface area contributed by atoms with Crippen LogP contribution in [0.25, 0.3) is 0 Å². The second kappa shape index (κ2) is 6.77. The fraction of sp³-hybridized carbons (Fsp3) is 0.600. The summed E-state index contributed by atoms with van der Waals surface area (Å²) in [5.74, 6) is 0. The minimum Gasteiger partial charge on any atom is -0.372 e. The lowest BCUT2D eigenvalue weighted by Gasteiger charge is -2.18. The zero-order valence-corrected chi connectivity index (χ0v) is 10.7. The second-order valence-corrected chi connectivity index (χ2v) is 4.89. The van der Waals surface area contributed by atoms with Gasteiger partial charge >= 0.3 is 0 Å². The molecule has 2 rings (SSSR count). The van der Waals surface area contributed by atoms with Gasteiger partial charge in [-0.1, -0.05) is 43.7 Å². The summed E-state index contributed by atoms with van der Waals surface area (Å²) in [6.07, 6.45) is 5.38. The van der Waals surface area contributed by atoms with Gasteiger partial charge in [-0.05, 0) is 24.8 Å². The Morgan fingerprint density at radius 3 is 2.71 bits per heavy atom. The first-order valence-corrected chi connectivity index (χ1v) is 6.77. The Hall–Kier alpha value is -0.860. The van der Waals surface area contributed by atoms with Crippen molar-refractivity contribution in [2.45, 2.75) is 51.4 Å². The molecular weight excluding hydrogens is 210 g/mol. The lowest BCUT2D eigenvalue weighted by atomic mass is 10.2. The van der Waals surface area contributed by atoms with Crippen molar-refractivity contribution in [1.82, 2.24) is 5.32 Å². The summed E-state index contributed by atoms with van der Waals surface area (Å²) in [5.41, 5.74) is 1.26. The minimum atomic E-state index is 0.362. The maximum absolute atomic E-state index is 5.98. The van der Waals surface area contributed by atoms with Gasteiger partial charge in [-0.3, -0.25) is 0 Å². The highest BCUT2D eigenvalue weighted by atomic mass is 16.5. The fourth-order valence-electron chi connectivity index (χ4n) is 1.94. The average molecular weight is 233 g/mol. The molecule has 1 N–H and O–H groups in total. The van der Waals surface area contributed by atoms with E-state index in [2.05, 4.69) is 36.5 Å². The molecule has 0 spiro atoms. The third kappa shape index (κ3) is 4.88. The highest BCUT2D eigenvalue weighted by Crippen LogP contribution is 2.19. The summed E-state index contributed by atoms with van der Waals surface area (Å²) in [6, 6.07) is 11.2. The fourth-order valence-corrected chi connectivity index (χ4v) is 1.94. The Bertz CT molecular complexity index is 308. The Morgan fingerprint density at radius 2 is 2.06 bits per heavy atom. The van der Waals surface area contributed by atoms with Crippen LogP contribution in [-0.4, -0.2) is 18.7 Å². The van der Waals surface area contributed by atoms with Crippen molar-refractivity contribution in [2.75, 3.05) is 6.54 Å². The van der Waals surface area contributed by atoms with Crippen molar-refractivity contribution in [3.8, 4) is 0 Å². The van der Waals surface area contributed by atoms with Crippen molar-refractivity contribution in [1.29, 1.82) is 0 Å². The van der Waals surface area contributed by atoms with Crippen LogP contribution in [0.5, 0.6) is 0 Å². The first kappa shape index (κ1) is 12.6. The van der Waals surface area contributed by atoms with E-state index >= 15 is 0 Å². The van der Waals surface area contributed by atoms with E-state index in [0.29, 0.717) is 6.10 Å². The molecule has 17 heavy (non-hydrogen) atoms. The highest BCUT2D eigenvalue weighted by molar-refractivity contribution is 5.13. The molecule has 0 radical (unpaired) electrons. The van der Waals surface area contributed by atoms with Gasteiger partial charge in [0.25, 0.3) is 0 Å². The van der Waals surface area contributed by atoms with Crippen LogP contribution in [0.3, 0.4) is 0 Å². The Morgan fingerprint density at radius 1 is 1.29 bits per heavy atom. The molecule has 0 amide bonds. The Balaban J connectivity index is 1.71. The number of hydrogen-bond donors (Lipinski definition) is 1. The van der Waals surface area contributed by atoms with Gasteiger partial charge in [-0.15, -0.1) is 0 Å². The molecule has 0 saturated heterocycles. The molecule has 1 atom stereocenters. The van der Waals surface area contributed by atoms with Gasteiger partial charge in [-0.2, -0.15) is 0 Å². The molecule has 1 saturated carbocycles. The van der Waals surface area contributed by atoms with E-state index in [1.165, 1.54) is 24.8 Å². The van der Waals surface area contributed by atoms with Gasteiger partial charge in [0.15, 0.2) is 0 Å². The van der Waals surface area contributed by atoms with E-state index in [-0.39, 0.29) is 0 Å². The van der Waals surface area contributed by atoms with E-state index in [4.69, 9.17) is 4.74 Å². The van der Waals surface area contributed by atoms with Crippen LogP contribution < -0.4 is 5.32 Å². The summed E-state index contributed by atoms with van der Waals surface area (Å²) in [5, 5.41) is 3.55. The molecule has 1 unspecified atom stereocenters. The van der Waals surface area contributed by atoms with E-state index in [0.717, 1.165) is 25.6 Å². The topological polar surface area (TPSA) is 21.3 Å². The number of hydrogen-bond acceptors (Lipinski definition) is 2. The van der Waals surface area contributed by atoms with Crippen LogP contribution in [0.2, 0.25) is 0 Å².